The molecule has 1 aliphatic heterocycles. The first-order valence-electron chi connectivity index (χ1n) is 15.7. The molecular formula is C43H27N3O. The number of hydrogen-bond acceptors (Lipinski definition) is 4. The highest BCUT2D eigenvalue weighted by atomic mass is 16.5. The molecular weight excluding hydrogens is 574 g/mol. The Labute approximate surface area is 272 Å². The minimum absolute atomic E-state index is 0.637. The maximum atomic E-state index is 6.46. The fourth-order valence-corrected chi connectivity index (χ4v) is 6.40. The average Bonchev–Trinajstić information content (AvgIpc) is 3.15. The van der Waals surface area contributed by atoms with Crippen molar-refractivity contribution < 1.29 is 4.74 Å². The van der Waals surface area contributed by atoms with Gasteiger partial charge in [-0.3, -0.25) is 0 Å². The molecule has 0 radical (unpaired) electrons. The van der Waals surface area contributed by atoms with Gasteiger partial charge in [-0.15, -0.1) is 0 Å². The summed E-state index contributed by atoms with van der Waals surface area (Å²) in [6, 6.07) is 56.4. The van der Waals surface area contributed by atoms with Crippen LogP contribution >= 0.6 is 0 Å². The Kier molecular flexibility index (Phi) is 6.43. The van der Waals surface area contributed by atoms with Crippen molar-refractivity contribution in [2.75, 3.05) is 0 Å². The highest BCUT2D eigenvalue weighted by molar-refractivity contribution is 6.04. The Bertz CT molecular complexity index is 2370. The summed E-state index contributed by atoms with van der Waals surface area (Å²) < 4.78 is 6.46. The molecule has 0 aliphatic carbocycles. The summed E-state index contributed by atoms with van der Waals surface area (Å²) >= 11 is 0. The van der Waals surface area contributed by atoms with Crippen molar-refractivity contribution in [3.8, 4) is 79.0 Å². The van der Waals surface area contributed by atoms with Gasteiger partial charge >= 0.3 is 0 Å². The summed E-state index contributed by atoms with van der Waals surface area (Å²) in [5.74, 6) is 3.71. The monoisotopic (exact) mass is 601 g/mol. The van der Waals surface area contributed by atoms with Crippen LogP contribution in [0, 0.1) is 0 Å². The molecule has 8 aromatic rings. The number of aromatic nitrogens is 3. The fraction of sp³-hybridized carbons (Fsp3) is 0. The molecule has 0 atom stereocenters. The first-order chi connectivity index (χ1) is 23.3. The molecule has 0 saturated carbocycles. The molecule has 1 aromatic heterocycles. The molecule has 2 heterocycles. The molecule has 7 aromatic carbocycles. The molecule has 9 rings (SSSR count). The van der Waals surface area contributed by atoms with Crippen molar-refractivity contribution in [2.45, 2.75) is 0 Å². The zero-order valence-corrected chi connectivity index (χ0v) is 25.3. The van der Waals surface area contributed by atoms with Crippen LogP contribution in [-0.2, 0) is 0 Å². The van der Waals surface area contributed by atoms with E-state index < -0.39 is 0 Å². The Morgan fingerprint density at radius 1 is 0.319 bits per heavy atom. The topological polar surface area (TPSA) is 47.9 Å². The van der Waals surface area contributed by atoms with Gasteiger partial charge in [0.2, 0.25) is 0 Å². The third-order valence-electron chi connectivity index (χ3n) is 8.71. The summed E-state index contributed by atoms with van der Waals surface area (Å²) in [6.45, 7) is 0. The minimum Gasteiger partial charge on any atom is -0.456 e. The summed E-state index contributed by atoms with van der Waals surface area (Å²) in [4.78, 5) is 14.7. The van der Waals surface area contributed by atoms with E-state index in [1.807, 2.05) is 66.7 Å². The lowest BCUT2D eigenvalue weighted by Gasteiger charge is -2.22. The highest BCUT2D eigenvalue weighted by Gasteiger charge is 2.20. The predicted molar refractivity (Wildman–Crippen MR) is 190 cm³/mol. The lowest BCUT2D eigenvalue weighted by Crippen LogP contribution is -2.00. The average molecular weight is 602 g/mol. The maximum absolute atomic E-state index is 6.46. The second-order valence-electron chi connectivity index (χ2n) is 11.7. The smallest absolute Gasteiger partial charge is 0.164 e. The van der Waals surface area contributed by atoms with Crippen LogP contribution in [0.15, 0.2) is 164 Å². The van der Waals surface area contributed by atoms with Gasteiger partial charge in [-0.25, -0.2) is 15.0 Å². The number of nitrogens with zero attached hydrogens (tertiary/aromatic N) is 3. The molecule has 4 nitrogen and oxygen atoms in total. The Hall–Kier alpha value is -6.39. The lowest BCUT2D eigenvalue weighted by molar-refractivity contribution is 0.487. The maximum Gasteiger partial charge on any atom is 0.164 e. The molecule has 0 amide bonds. The molecule has 0 saturated heterocycles. The number of ether oxygens (including phenoxy) is 1. The largest absolute Gasteiger partial charge is 0.456 e. The number of fused-ring (bicyclic) bond motifs is 2. The van der Waals surface area contributed by atoms with E-state index >= 15 is 0 Å². The highest BCUT2D eigenvalue weighted by Crippen LogP contribution is 2.47. The number of rotatable bonds is 5. The zero-order valence-electron chi connectivity index (χ0n) is 25.3. The standard InChI is InChI=1S/C43H27N3O/c1-3-11-29(12-4-1)41-44-42(30-13-5-2-6-14-30)46-43(45-41)35-20-8-19-33(26-35)31-17-7-18-32(25-31)34-23-24-36-37-21-9-15-28-16-10-22-38(40(28)37)47-39(36)27-34/h1-27H. The quantitative estimate of drug-likeness (QED) is 0.197. The molecule has 4 heteroatoms. The van der Waals surface area contributed by atoms with Gasteiger partial charge in [0.05, 0.1) is 0 Å². The molecule has 47 heavy (non-hydrogen) atoms. The van der Waals surface area contributed by atoms with Gasteiger partial charge in [-0.1, -0.05) is 133 Å². The molecule has 0 bridgehead atoms. The van der Waals surface area contributed by atoms with E-state index in [2.05, 4.69) is 97.1 Å². The molecule has 0 N–H and O–H groups in total. The van der Waals surface area contributed by atoms with Crippen LogP contribution < -0.4 is 4.74 Å². The van der Waals surface area contributed by atoms with E-state index in [4.69, 9.17) is 19.7 Å². The SMILES string of the molecule is c1ccc(-c2nc(-c3ccccc3)nc(-c3cccc(-c4cccc(-c5ccc6c(c5)Oc5cccc7cccc-6c57)c4)c3)n2)cc1. The van der Waals surface area contributed by atoms with E-state index in [0.29, 0.717) is 17.5 Å². The van der Waals surface area contributed by atoms with Crippen LogP contribution in [0.2, 0.25) is 0 Å². The van der Waals surface area contributed by atoms with Gasteiger partial charge < -0.3 is 4.74 Å². The fourth-order valence-electron chi connectivity index (χ4n) is 6.40. The van der Waals surface area contributed by atoms with Crippen molar-refractivity contribution in [3.05, 3.63) is 164 Å². The van der Waals surface area contributed by atoms with Crippen LogP contribution in [0.1, 0.15) is 0 Å². The predicted octanol–water partition coefficient (Wildman–Crippen LogP) is 11.1. The van der Waals surface area contributed by atoms with Crippen LogP contribution in [0.3, 0.4) is 0 Å². The first kappa shape index (κ1) is 27.0. The number of benzene rings is 7. The van der Waals surface area contributed by atoms with E-state index in [0.717, 1.165) is 56.0 Å². The molecule has 220 valence electrons. The summed E-state index contributed by atoms with van der Waals surface area (Å²) in [5, 5.41) is 2.36. The van der Waals surface area contributed by atoms with Crippen molar-refractivity contribution in [2.24, 2.45) is 0 Å². The number of hydrogen-bond donors (Lipinski definition) is 0. The van der Waals surface area contributed by atoms with Crippen molar-refractivity contribution >= 4 is 10.8 Å². The summed E-state index contributed by atoms with van der Waals surface area (Å²) in [7, 11) is 0. The minimum atomic E-state index is 0.637. The van der Waals surface area contributed by atoms with Gasteiger partial charge in [0, 0.05) is 27.6 Å². The molecule has 1 aliphatic rings. The molecule has 0 unspecified atom stereocenters. The Morgan fingerprint density at radius 3 is 1.45 bits per heavy atom. The van der Waals surface area contributed by atoms with Crippen molar-refractivity contribution in [3.63, 3.8) is 0 Å². The van der Waals surface area contributed by atoms with Crippen LogP contribution in [-0.4, -0.2) is 15.0 Å². The second kappa shape index (κ2) is 11.2. The van der Waals surface area contributed by atoms with E-state index in [1.54, 1.807) is 0 Å². The zero-order chi connectivity index (χ0) is 31.2. The van der Waals surface area contributed by atoms with Crippen molar-refractivity contribution in [1.82, 2.24) is 15.0 Å². The third-order valence-corrected chi connectivity index (χ3v) is 8.71. The van der Waals surface area contributed by atoms with Gasteiger partial charge in [0.15, 0.2) is 17.5 Å². The van der Waals surface area contributed by atoms with Crippen LogP contribution in [0.5, 0.6) is 11.5 Å². The van der Waals surface area contributed by atoms with Crippen LogP contribution in [0.25, 0.3) is 78.3 Å². The van der Waals surface area contributed by atoms with Gasteiger partial charge in [0.25, 0.3) is 0 Å². The third kappa shape index (κ3) is 4.93. The van der Waals surface area contributed by atoms with Gasteiger partial charge in [0.1, 0.15) is 11.5 Å². The van der Waals surface area contributed by atoms with E-state index in [9.17, 15) is 0 Å². The molecule has 0 spiro atoms. The Morgan fingerprint density at radius 2 is 0.809 bits per heavy atom. The molecule has 0 fully saturated rings. The van der Waals surface area contributed by atoms with Gasteiger partial charge in [-0.05, 0) is 63.5 Å². The normalized spacial score (nSPS) is 11.6. The first-order valence-corrected chi connectivity index (χ1v) is 15.7. The Balaban J connectivity index is 1.09. The van der Waals surface area contributed by atoms with E-state index in [1.165, 1.54) is 16.3 Å². The van der Waals surface area contributed by atoms with Crippen molar-refractivity contribution in [1.29, 1.82) is 0 Å². The van der Waals surface area contributed by atoms with E-state index in [-0.39, 0.29) is 0 Å². The lowest BCUT2D eigenvalue weighted by atomic mass is 9.92. The second-order valence-corrected chi connectivity index (χ2v) is 11.7. The van der Waals surface area contributed by atoms with Crippen LogP contribution in [0.4, 0.5) is 0 Å². The summed E-state index contributed by atoms with van der Waals surface area (Å²) in [6.07, 6.45) is 0. The van der Waals surface area contributed by atoms with Gasteiger partial charge in [-0.2, -0.15) is 0 Å². The summed E-state index contributed by atoms with van der Waals surface area (Å²) in [5.41, 5.74) is 9.57.